The molecule has 176 valence electrons. The van der Waals surface area contributed by atoms with E-state index in [1.165, 1.54) is 7.11 Å². The maximum atomic E-state index is 10.9. The number of carbonyl (C=O) groups excluding carboxylic acids is 1. The zero-order valence-electron chi connectivity index (χ0n) is 18.4. The average molecular weight is 477 g/mol. The van der Waals surface area contributed by atoms with E-state index in [1.807, 2.05) is 26.0 Å². The Morgan fingerprint density at radius 2 is 1.97 bits per heavy atom. The van der Waals surface area contributed by atoms with Gasteiger partial charge in [-0.2, -0.15) is 4.98 Å². The van der Waals surface area contributed by atoms with Gasteiger partial charge in [0.15, 0.2) is 11.5 Å². The number of nitrogens with two attached hydrogens (primary N) is 1. The first kappa shape index (κ1) is 24.4. The zero-order chi connectivity index (χ0) is 24.1. The van der Waals surface area contributed by atoms with Gasteiger partial charge in [-0.1, -0.05) is 23.7 Å². The number of amides is 1. The third kappa shape index (κ3) is 5.98. The normalized spacial score (nSPS) is 12.9. The van der Waals surface area contributed by atoms with Crippen LogP contribution in [0.1, 0.15) is 24.7 Å². The van der Waals surface area contributed by atoms with Crippen molar-refractivity contribution in [1.29, 1.82) is 0 Å². The maximum Gasteiger partial charge on any atom is 0.258 e. The summed E-state index contributed by atoms with van der Waals surface area (Å²) in [6.07, 6.45) is -2.12. The molecule has 11 heteroatoms. The number of pyridine rings is 1. The number of benzene rings is 1. The number of methoxy groups -OCH3 is 1. The zero-order valence-corrected chi connectivity index (χ0v) is 19.2. The molecule has 0 aliphatic rings. The van der Waals surface area contributed by atoms with Gasteiger partial charge >= 0.3 is 0 Å². The van der Waals surface area contributed by atoms with Gasteiger partial charge in [0.2, 0.25) is 11.7 Å². The fourth-order valence-corrected chi connectivity index (χ4v) is 3.38. The molecular formula is C22H25ClN4O6. The van der Waals surface area contributed by atoms with Crippen molar-refractivity contribution < 1.29 is 29.0 Å². The molecule has 1 amide bonds. The molecule has 2 atom stereocenters. The predicted molar refractivity (Wildman–Crippen MR) is 120 cm³/mol. The van der Waals surface area contributed by atoms with Gasteiger partial charge < -0.3 is 29.9 Å². The second-order valence-corrected chi connectivity index (χ2v) is 7.78. The van der Waals surface area contributed by atoms with Crippen molar-refractivity contribution in [3.05, 3.63) is 40.7 Å². The summed E-state index contributed by atoms with van der Waals surface area (Å²) in [5.41, 5.74) is 8.05. The molecule has 2 aromatic heterocycles. The molecule has 0 spiro atoms. The number of ether oxygens (including phenoxy) is 2. The molecule has 10 nitrogen and oxygen atoms in total. The summed E-state index contributed by atoms with van der Waals surface area (Å²) in [7, 11) is 1.43. The van der Waals surface area contributed by atoms with Gasteiger partial charge in [0, 0.05) is 28.9 Å². The number of rotatable bonds is 10. The summed E-state index contributed by atoms with van der Waals surface area (Å²) in [5, 5.41) is 23.7. The van der Waals surface area contributed by atoms with Gasteiger partial charge in [0.05, 0.1) is 18.2 Å². The van der Waals surface area contributed by atoms with E-state index >= 15 is 0 Å². The monoisotopic (exact) mass is 476 g/mol. The highest BCUT2D eigenvalue weighted by Gasteiger charge is 2.21. The number of carbonyl (C=O) groups is 1. The molecule has 2 heterocycles. The van der Waals surface area contributed by atoms with E-state index in [9.17, 15) is 15.0 Å². The second kappa shape index (κ2) is 10.6. The Balaban J connectivity index is 1.81. The Labute approximate surface area is 195 Å². The lowest BCUT2D eigenvalue weighted by atomic mass is 10.1. The molecule has 0 aliphatic heterocycles. The highest BCUT2D eigenvalue weighted by atomic mass is 35.5. The van der Waals surface area contributed by atoms with Gasteiger partial charge in [-0.3, -0.25) is 9.78 Å². The van der Waals surface area contributed by atoms with Crippen molar-refractivity contribution in [3.63, 3.8) is 0 Å². The van der Waals surface area contributed by atoms with Crippen molar-refractivity contribution in [2.75, 3.05) is 13.7 Å². The third-order valence-electron chi connectivity index (χ3n) is 4.77. The molecular weight excluding hydrogens is 452 g/mol. The Bertz CT molecular complexity index is 1140. The van der Waals surface area contributed by atoms with Crippen molar-refractivity contribution in [1.82, 2.24) is 15.1 Å². The molecule has 33 heavy (non-hydrogen) atoms. The standard InChI is InChI=1S/C22H25ClN4O6/c1-4-14-6-13(5-11(2)25-14)22-26-21(27-33-22)12-7-16(23)19(18(8-12)31-3)32-10-15(28)9-17(29)20(24)30/h5-8,15,17,28-29H,4,9-10H2,1-3H3,(H2,24,30)/t15-,17?/m1/s1. The fourth-order valence-electron chi connectivity index (χ4n) is 3.11. The lowest BCUT2D eigenvalue weighted by molar-refractivity contribution is -0.127. The highest BCUT2D eigenvalue weighted by molar-refractivity contribution is 6.32. The number of hydrogen-bond donors (Lipinski definition) is 3. The van der Waals surface area contributed by atoms with Crippen molar-refractivity contribution in [2.24, 2.45) is 5.73 Å². The van der Waals surface area contributed by atoms with Crippen molar-refractivity contribution in [3.8, 4) is 34.3 Å². The number of hydrogen-bond acceptors (Lipinski definition) is 9. The van der Waals surface area contributed by atoms with Crippen LogP contribution in [0.25, 0.3) is 22.8 Å². The maximum absolute atomic E-state index is 10.9. The number of aliphatic hydroxyl groups is 2. The SMILES string of the molecule is CCc1cc(-c2nc(-c3cc(Cl)c(OC[C@H](O)CC(O)C(N)=O)c(OC)c3)no2)cc(C)n1. The first-order valence-corrected chi connectivity index (χ1v) is 10.6. The van der Waals surface area contributed by atoms with Crippen LogP contribution in [-0.4, -0.2) is 57.2 Å². The number of primary amides is 1. The molecule has 0 bridgehead atoms. The van der Waals surface area contributed by atoms with Gasteiger partial charge in [-0.05, 0) is 37.6 Å². The largest absolute Gasteiger partial charge is 0.493 e. The smallest absolute Gasteiger partial charge is 0.258 e. The number of aromatic nitrogens is 3. The molecule has 3 aromatic rings. The number of halogens is 1. The van der Waals surface area contributed by atoms with Crippen molar-refractivity contribution in [2.45, 2.75) is 38.9 Å². The topological polar surface area (TPSA) is 154 Å². The molecule has 0 saturated heterocycles. The van der Waals surface area contributed by atoms with Gasteiger partial charge in [0.25, 0.3) is 5.89 Å². The molecule has 0 aliphatic carbocycles. The lowest BCUT2D eigenvalue weighted by Gasteiger charge is -2.17. The average Bonchev–Trinajstić information content (AvgIpc) is 3.27. The highest BCUT2D eigenvalue weighted by Crippen LogP contribution is 2.39. The van der Waals surface area contributed by atoms with Gasteiger partial charge in [0.1, 0.15) is 12.7 Å². The second-order valence-electron chi connectivity index (χ2n) is 7.37. The van der Waals surface area contributed by atoms with E-state index in [0.717, 1.165) is 23.4 Å². The number of aliphatic hydroxyl groups excluding tert-OH is 2. The van der Waals surface area contributed by atoms with Crippen LogP contribution in [-0.2, 0) is 11.2 Å². The van der Waals surface area contributed by atoms with E-state index in [-0.39, 0.29) is 29.5 Å². The Morgan fingerprint density at radius 3 is 2.64 bits per heavy atom. The Hall–Kier alpha value is -3.21. The molecule has 3 rings (SSSR count). The minimum atomic E-state index is -1.48. The molecule has 0 radical (unpaired) electrons. The van der Waals surface area contributed by atoms with Crippen LogP contribution in [0.5, 0.6) is 11.5 Å². The summed E-state index contributed by atoms with van der Waals surface area (Å²) in [5.74, 6) is 0.170. The van der Waals surface area contributed by atoms with Crippen LogP contribution < -0.4 is 15.2 Å². The van der Waals surface area contributed by atoms with Crippen molar-refractivity contribution >= 4 is 17.5 Å². The Kier molecular flexibility index (Phi) is 7.85. The molecule has 4 N–H and O–H groups in total. The first-order chi connectivity index (χ1) is 15.7. The minimum Gasteiger partial charge on any atom is -0.493 e. The summed E-state index contributed by atoms with van der Waals surface area (Å²) >= 11 is 6.38. The third-order valence-corrected chi connectivity index (χ3v) is 5.05. The molecule has 0 fully saturated rings. The van der Waals surface area contributed by atoms with E-state index in [0.29, 0.717) is 17.3 Å². The molecule has 1 aromatic carbocycles. The molecule has 1 unspecified atom stereocenters. The summed E-state index contributed by atoms with van der Waals surface area (Å²) in [4.78, 5) is 19.8. The van der Waals surface area contributed by atoms with Crippen LogP contribution in [0.2, 0.25) is 5.02 Å². The quantitative estimate of drug-likeness (QED) is 0.399. The first-order valence-electron chi connectivity index (χ1n) is 10.2. The van der Waals surface area contributed by atoms with E-state index in [2.05, 4.69) is 15.1 Å². The van der Waals surface area contributed by atoms with Gasteiger partial charge in [-0.15, -0.1) is 0 Å². The van der Waals surface area contributed by atoms with Crippen LogP contribution in [0, 0.1) is 6.92 Å². The number of aryl methyl sites for hydroxylation is 2. The molecule has 0 saturated carbocycles. The van der Waals surface area contributed by atoms with E-state index in [4.69, 9.17) is 31.3 Å². The van der Waals surface area contributed by atoms with Crippen LogP contribution in [0.4, 0.5) is 0 Å². The van der Waals surface area contributed by atoms with E-state index < -0.39 is 18.1 Å². The summed E-state index contributed by atoms with van der Waals surface area (Å²) in [6, 6.07) is 6.96. The number of nitrogens with zero attached hydrogens (tertiary/aromatic N) is 3. The predicted octanol–water partition coefficient (Wildman–Crippen LogP) is 2.31. The summed E-state index contributed by atoms with van der Waals surface area (Å²) in [6.45, 7) is 3.67. The lowest BCUT2D eigenvalue weighted by Crippen LogP contribution is -2.33. The Morgan fingerprint density at radius 1 is 1.21 bits per heavy atom. The summed E-state index contributed by atoms with van der Waals surface area (Å²) < 4.78 is 16.4. The van der Waals surface area contributed by atoms with Crippen LogP contribution >= 0.6 is 11.6 Å². The van der Waals surface area contributed by atoms with E-state index in [1.54, 1.807) is 12.1 Å². The van der Waals surface area contributed by atoms with Gasteiger partial charge in [-0.25, -0.2) is 0 Å². The van der Waals surface area contributed by atoms with Crippen LogP contribution in [0.15, 0.2) is 28.8 Å². The minimum absolute atomic E-state index is 0.177. The fraction of sp³-hybridized carbons (Fsp3) is 0.364. The van der Waals surface area contributed by atoms with Crippen LogP contribution in [0.3, 0.4) is 0 Å².